The van der Waals surface area contributed by atoms with Crippen LogP contribution in [0.1, 0.15) is 22.2 Å². The number of nitrogens with one attached hydrogen (secondary N) is 2. The Morgan fingerprint density at radius 2 is 1.71 bits per heavy atom. The summed E-state index contributed by atoms with van der Waals surface area (Å²) in [5.74, 6) is -1.99. The summed E-state index contributed by atoms with van der Waals surface area (Å²) in [7, 11) is 0. The van der Waals surface area contributed by atoms with Crippen LogP contribution in [0.3, 0.4) is 0 Å². The first kappa shape index (κ1) is 22.5. The number of hydrazone groups is 1. The zero-order chi connectivity index (χ0) is 22.4. The number of benzene rings is 2. The first-order chi connectivity index (χ1) is 14.8. The van der Waals surface area contributed by atoms with E-state index in [0.29, 0.717) is 21.9 Å². The third-order valence-electron chi connectivity index (χ3n) is 3.94. The van der Waals surface area contributed by atoms with Crippen LogP contribution in [0.2, 0.25) is 10.0 Å². The number of nitrogens with zero attached hydrogens (tertiary/aromatic N) is 1. The molecule has 0 aliphatic heterocycles. The Hall–Kier alpha value is -3.20. The summed E-state index contributed by atoms with van der Waals surface area (Å²) in [4.78, 5) is 36.5. The molecular formula is C21H15Cl2N3O4S. The second-order valence-electron chi connectivity index (χ2n) is 6.08. The molecule has 3 rings (SSSR count). The van der Waals surface area contributed by atoms with E-state index in [9.17, 15) is 14.4 Å². The topological polar surface area (TPSA) is 96.9 Å². The third-order valence-corrected chi connectivity index (χ3v) is 5.60. The molecule has 0 spiro atoms. The molecule has 3 aromatic rings. The number of hydrogen-bond acceptors (Lipinski definition) is 6. The largest absolute Gasteiger partial charge is 0.422 e. The van der Waals surface area contributed by atoms with E-state index in [2.05, 4.69) is 15.8 Å². The zero-order valence-electron chi connectivity index (χ0n) is 16.0. The van der Waals surface area contributed by atoms with Crippen molar-refractivity contribution in [2.45, 2.75) is 6.92 Å². The highest BCUT2D eigenvalue weighted by atomic mass is 35.5. The van der Waals surface area contributed by atoms with Crippen molar-refractivity contribution in [3.05, 3.63) is 80.5 Å². The van der Waals surface area contributed by atoms with Crippen LogP contribution in [0.5, 0.6) is 5.75 Å². The molecular weight excluding hydrogens is 461 g/mol. The van der Waals surface area contributed by atoms with Crippen LogP contribution in [0.15, 0.2) is 65.1 Å². The Labute approximate surface area is 191 Å². The van der Waals surface area contributed by atoms with Crippen molar-refractivity contribution >= 4 is 63.7 Å². The van der Waals surface area contributed by atoms with Crippen molar-refractivity contribution in [1.29, 1.82) is 0 Å². The molecule has 0 bridgehead atoms. The lowest BCUT2D eigenvalue weighted by atomic mass is 10.1. The lowest BCUT2D eigenvalue weighted by molar-refractivity contribution is -0.136. The Morgan fingerprint density at radius 3 is 2.39 bits per heavy atom. The molecule has 0 fully saturated rings. The van der Waals surface area contributed by atoms with Crippen LogP contribution in [0, 0.1) is 0 Å². The van der Waals surface area contributed by atoms with Crippen LogP contribution < -0.4 is 15.5 Å². The van der Waals surface area contributed by atoms with Gasteiger partial charge in [-0.05, 0) is 60.3 Å². The minimum Gasteiger partial charge on any atom is -0.422 e. The summed E-state index contributed by atoms with van der Waals surface area (Å²) in [6, 6.07) is 14.7. The molecule has 0 unspecified atom stereocenters. The third kappa shape index (κ3) is 5.91. The van der Waals surface area contributed by atoms with Crippen molar-refractivity contribution in [2.24, 2.45) is 5.10 Å². The van der Waals surface area contributed by atoms with Crippen molar-refractivity contribution in [1.82, 2.24) is 5.43 Å². The standard InChI is InChI=1S/C21H15Cl2N3O4S/c1-12(13-7-9-14(10-8-13)30-21(29)17-6-3-11-31-17)25-26-20(28)19(27)24-16-5-2-4-15(22)18(16)23/h2-11H,1H3,(H,24,27)(H,26,28)/b25-12+. The molecule has 7 nitrogen and oxygen atoms in total. The molecule has 2 aromatic carbocycles. The predicted molar refractivity (Wildman–Crippen MR) is 121 cm³/mol. The average molecular weight is 476 g/mol. The van der Waals surface area contributed by atoms with Gasteiger partial charge < -0.3 is 10.1 Å². The summed E-state index contributed by atoms with van der Waals surface area (Å²) >= 11 is 13.2. The van der Waals surface area contributed by atoms with Crippen molar-refractivity contribution in [2.75, 3.05) is 5.32 Å². The Bertz CT molecular complexity index is 1150. The number of carbonyl (C=O) groups excluding carboxylic acids is 3. The maximum Gasteiger partial charge on any atom is 0.353 e. The number of amides is 2. The van der Waals surface area contributed by atoms with E-state index in [-0.39, 0.29) is 15.7 Å². The Kier molecular flexibility index (Phi) is 7.41. The van der Waals surface area contributed by atoms with E-state index >= 15 is 0 Å². The normalized spacial score (nSPS) is 11.0. The van der Waals surface area contributed by atoms with E-state index in [1.165, 1.54) is 17.4 Å². The van der Waals surface area contributed by atoms with Crippen molar-refractivity contribution < 1.29 is 19.1 Å². The Morgan fingerprint density at radius 1 is 0.968 bits per heavy atom. The Balaban J connectivity index is 1.58. The predicted octanol–water partition coefficient (Wildman–Crippen LogP) is 4.75. The van der Waals surface area contributed by atoms with E-state index in [4.69, 9.17) is 27.9 Å². The minimum absolute atomic E-state index is 0.130. The first-order valence-electron chi connectivity index (χ1n) is 8.81. The average Bonchev–Trinajstić information content (AvgIpc) is 3.30. The molecule has 0 saturated carbocycles. The maximum absolute atomic E-state index is 12.0. The van der Waals surface area contributed by atoms with Gasteiger partial charge in [0.1, 0.15) is 10.6 Å². The first-order valence-corrected chi connectivity index (χ1v) is 10.4. The van der Waals surface area contributed by atoms with Crippen LogP contribution >= 0.6 is 34.5 Å². The molecule has 0 radical (unpaired) electrons. The van der Waals surface area contributed by atoms with Gasteiger partial charge in [-0.3, -0.25) is 9.59 Å². The molecule has 2 N–H and O–H groups in total. The second-order valence-corrected chi connectivity index (χ2v) is 7.82. The highest BCUT2D eigenvalue weighted by Crippen LogP contribution is 2.29. The monoisotopic (exact) mass is 475 g/mol. The summed E-state index contributed by atoms with van der Waals surface area (Å²) in [5, 5.41) is 8.45. The molecule has 31 heavy (non-hydrogen) atoms. The number of halogens is 2. The summed E-state index contributed by atoms with van der Waals surface area (Å²) in [5.41, 5.74) is 3.49. The molecule has 0 aliphatic rings. The van der Waals surface area contributed by atoms with Crippen molar-refractivity contribution in [3.63, 3.8) is 0 Å². The summed E-state index contributed by atoms with van der Waals surface area (Å²) in [6.07, 6.45) is 0. The quantitative estimate of drug-likeness (QED) is 0.183. The van der Waals surface area contributed by atoms with Gasteiger partial charge in [0.2, 0.25) is 0 Å². The van der Waals surface area contributed by atoms with Gasteiger partial charge in [-0.15, -0.1) is 11.3 Å². The molecule has 0 saturated heterocycles. The highest BCUT2D eigenvalue weighted by molar-refractivity contribution is 7.12. The maximum atomic E-state index is 12.0. The summed E-state index contributed by atoms with van der Waals surface area (Å²) in [6.45, 7) is 1.65. The van der Waals surface area contributed by atoms with Crippen LogP contribution in [0.4, 0.5) is 5.69 Å². The molecule has 2 amide bonds. The lowest BCUT2D eigenvalue weighted by Crippen LogP contribution is -2.33. The van der Waals surface area contributed by atoms with E-state index in [1.54, 1.807) is 60.8 Å². The van der Waals surface area contributed by atoms with Crippen LogP contribution in [-0.2, 0) is 9.59 Å². The van der Waals surface area contributed by atoms with Gasteiger partial charge in [0, 0.05) is 0 Å². The van der Waals surface area contributed by atoms with Gasteiger partial charge in [0.15, 0.2) is 0 Å². The smallest absolute Gasteiger partial charge is 0.353 e. The summed E-state index contributed by atoms with van der Waals surface area (Å²) < 4.78 is 5.29. The number of anilines is 1. The number of esters is 1. The molecule has 1 aromatic heterocycles. The highest BCUT2D eigenvalue weighted by Gasteiger charge is 2.16. The number of thiophene rings is 1. The molecule has 158 valence electrons. The molecule has 0 aliphatic carbocycles. The van der Waals surface area contributed by atoms with Crippen molar-refractivity contribution in [3.8, 4) is 5.75 Å². The van der Waals surface area contributed by atoms with Crippen LogP contribution in [-0.4, -0.2) is 23.5 Å². The fourth-order valence-electron chi connectivity index (χ4n) is 2.35. The van der Waals surface area contributed by atoms with E-state index < -0.39 is 17.8 Å². The SMILES string of the molecule is C/C(=N\NC(=O)C(=O)Nc1cccc(Cl)c1Cl)c1ccc(OC(=O)c2cccs2)cc1. The van der Waals surface area contributed by atoms with Gasteiger partial charge in [-0.2, -0.15) is 5.10 Å². The lowest BCUT2D eigenvalue weighted by Gasteiger charge is -2.08. The second kappa shape index (κ2) is 10.2. The van der Waals surface area contributed by atoms with Gasteiger partial charge in [0.25, 0.3) is 0 Å². The van der Waals surface area contributed by atoms with E-state index in [0.717, 1.165) is 0 Å². The van der Waals surface area contributed by atoms with Gasteiger partial charge >= 0.3 is 17.8 Å². The van der Waals surface area contributed by atoms with Crippen LogP contribution in [0.25, 0.3) is 0 Å². The number of carbonyl (C=O) groups is 3. The number of ether oxygens (including phenoxy) is 1. The van der Waals surface area contributed by atoms with Gasteiger partial charge in [0.05, 0.1) is 21.4 Å². The zero-order valence-corrected chi connectivity index (χ0v) is 18.3. The molecule has 0 atom stereocenters. The fourth-order valence-corrected chi connectivity index (χ4v) is 3.29. The van der Waals surface area contributed by atoms with E-state index in [1.807, 2.05) is 0 Å². The molecule has 1 heterocycles. The number of hydrogen-bond donors (Lipinski definition) is 2. The van der Waals surface area contributed by atoms with Gasteiger partial charge in [-0.25, -0.2) is 10.2 Å². The fraction of sp³-hybridized carbons (Fsp3) is 0.0476. The molecule has 10 heteroatoms. The van der Waals surface area contributed by atoms with Gasteiger partial charge in [-0.1, -0.05) is 35.3 Å². The minimum atomic E-state index is -0.975. The number of rotatable bonds is 5.